The summed E-state index contributed by atoms with van der Waals surface area (Å²) in [6.45, 7) is 6.75. The lowest BCUT2D eigenvalue weighted by Crippen LogP contribution is -2.38. The van der Waals surface area contributed by atoms with E-state index in [0.29, 0.717) is 16.4 Å². The Balaban J connectivity index is 1.67. The highest BCUT2D eigenvalue weighted by molar-refractivity contribution is 6.30. The number of carbonyl (C=O) groups is 1. The van der Waals surface area contributed by atoms with Crippen LogP contribution in [0.2, 0.25) is 5.02 Å². The Bertz CT molecular complexity index is 1220. The van der Waals surface area contributed by atoms with Gasteiger partial charge < -0.3 is 9.30 Å². The van der Waals surface area contributed by atoms with Crippen LogP contribution in [-0.2, 0) is 11.3 Å². The molecule has 1 aliphatic heterocycles. The van der Waals surface area contributed by atoms with E-state index in [9.17, 15) is 4.79 Å². The molecule has 4 aromatic rings. The fourth-order valence-corrected chi connectivity index (χ4v) is 4.35. The molecule has 0 amide bonds. The third kappa shape index (κ3) is 3.31. The fraction of sp³-hybridized carbons (Fsp3) is 0.304. The number of ketones is 1. The van der Waals surface area contributed by atoms with Crippen molar-refractivity contribution in [3.8, 4) is 11.3 Å². The lowest BCUT2D eigenvalue weighted by Gasteiger charge is -2.26. The smallest absolute Gasteiger partial charge is 0.216 e. The molecule has 0 radical (unpaired) electrons. The van der Waals surface area contributed by atoms with Gasteiger partial charge in [0.15, 0.2) is 5.78 Å². The van der Waals surface area contributed by atoms with Crippen LogP contribution < -0.4 is 0 Å². The molecule has 2 aromatic heterocycles. The van der Waals surface area contributed by atoms with Gasteiger partial charge in [-0.1, -0.05) is 35.9 Å². The molecule has 7 heteroatoms. The molecule has 0 bridgehead atoms. The minimum absolute atomic E-state index is 0.0106. The molecule has 0 aliphatic carbocycles. The Morgan fingerprint density at radius 3 is 2.43 bits per heavy atom. The zero-order chi connectivity index (χ0) is 20.7. The highest BCUT2D eigenvalue weighted by Crippen LogP contribution is 2.31. The number of ether oxygens (including phenoxy) is 1. The first-order valence-electron chi connectivity index (χ1n) is 10.2. The van der Waals surface area contributed by atoms with Crippen molar-refractivity contribution in [3.05, 3.63) is 59.2 Å². The number of nitrogens with zero attached hydrogens (tertiary/aromatic N) is 4. The molecule has 1 fully saturated rings. The molecule has 0 saturated carbocycles. The van der Waals surface area contributed by atoms with Gasteiger partial charge in [-0.05, 0) is 24.3 Å². The van der Waals surface area contributed by atoms with Crippen LogP contribution in [0.1, 0.15) is 17.4 Å². The van der Waals surface area contributed by atoms with Gasteiger partial charge in [0.2, 0.25) is 5.78 Å². The van der Waals surface area contributed by atoms with E-state index in [1.165, 1.54) is 0 Å². The van der Waals surface area contributed by atoms with Gasteiger partial charge in [0.05, 0.1) is 24.2 Å². The second-order valence-electron chi connectivity index (χ2n) is 7.60. The van der Waals surface area contributed by atoms with E-state index in [0.717, 1.165) is 61.8 Å². The predicted octanol–water partition coefficient (Wildman–Crippen LogP) is 4.14. The van der Waals surface area contributed by atoms with Crippen LogP contribution in [0.5, 0.6) is 0 Å². The monoisotopic (exact) mass is 422 g/mol. The van der Waals surface area contributed by atoms with E-state index in [1.54, 1.807) is 6.92 Å². The van der Waals surface area contributed by atoms with Crippen molar-refractivity contribution in [1.82, 2.24) is 18.9 Å². The van der Waals surface area contributed by atoms with Crippen LogP contribution in [0.25, 0.3) is 28.1 Å². The number of halogens is 1. The summed E-state index contributed by atoms with van der Waals surface area (Å²) in [4.78, 5) is 20.1. The summed E-state index contributed by atoms with van der Waals surface area (Å²) >= 11 is 6.07. The Hall–Kier alpha value is -2.67. The summed E-state index contributed by atoms with van der Waals surface area (Å²) in [5.41, 5.74) is 4.26. The summed E-state index contributed by atoms with van der Waals surface area (Å²) in [5.74, 6) is 0.781. The van der Waals surface area contributed by atoms with Gasteiger partial charge in [0.1, 0.15) is 11.4 Å². The zero-order valence-electron chi connectivity index (χ0n) is 16.8. The number of aromatic nitrogens is 3. The largest absolute Gasteiger partial charge is 0.379 e. The molecular formula is C23H23ClN4O2. The molecule has 30 heavy (non-hydrogen) atoms. The highest BCUT2D eigenvalue weighted by Gasteiger charge is 2.24. The fourth-order valence-electron chi connectivity index (χ4n) is 4.23. The number of rotatable bonds is 5. The SMILES string of the molecule is CC(=O)c1c(-c2ccc(Cl)cc2)nc2n(CCN3CCOCC3)c3ccccc3n12. The van der Waals surface area contributed by atoms with E-state index in [-0.39, 0.29) is 5.78 Å². The number of Topliss-reactive ketones (excluding diaryl/α,β-unsaturated/α-hetero) is 1. The molecule has 2 aromatic carbocycles. The van der Waals surface area contributed by atoms with Crippen LogP contribution in [0.4, 0.5) is 0 Å². The second-order valence-corrected chi connectivity index (χ2v) is 8.04. The van der Waals surface area contributed by atoms with Crippen LogP contribution in [0.15, 0.2) is 48.5 Å². The van der Waals surface area contributed by atoms with Crippen molar-refractivity contribution in [2.75, 3.05) is 32.8 Å². The average Bonchev–Trinajstić information content (AvgIpc) is 3.29. The van der Waals surface area contributed by atoms with Crippen molar-refractivity contribution >= 4 is 34.2 Å². The molecule has 154 valence electrons. The standard InChI is InChI=1S/C23H23ClN4O2/c1-16(29)22-21(17-6-8-18(24)9-7-17)25-23-27(11-10-26-12-14-30-15-13-26)19-4-2-3-5-20(19)28(22)23/h2-9H,10-15H2,1H3. The van der Waals surface area contributed by atoms with Crippen LogP contribution in [-0.4, -0.2) is 57.5 Å². The van der Waals surface area contributed by atoms with E-state index >= 15 is 0 Å². The van der Waals surface area contributed by atoms with Crippen molar-refractivity contribution in [2.45, 2.75) is 13.5 Å². The maximum absolute atomic E-state index is 12.7. The van der Waals surface area contributed by atoms with Gasteiger partial charge >= 0.3 is 0 Å². The van der Waals surface area contributed by atoms with E-state index in [2.05, 4.69) is 15.5 Å². The van der Waals surface area contributed by atoms with Crippen molar-refractivity contribution < 1.29 is 9.53 Å². The average molecular weight is 423 g/mol. The Labute approximate surface area is 179 Å². The van der Waals surface area contributed by atoms with Crippen LogP contribution in [0, 0.1) is 0 Å². The summed E-state index contributed by atoms with van der Waals surface area (Å²) in [7, 11) is 0. The molecule has 0 atom stereocenters. The van der Waals surface area contributed by atoms with Crippen molar-refractivity contribution in [2.24, 2.45) is 0 Å². The Morgan fingerprint density at radius 2 is 1.73 bits per heavy atom. The number of fused-ring (bicyclic) bond motifs is 3. The molecule has 5 rings (SSSR count). The third-order valence-electron chi connectivity index (χ3n) is 5.71. The maximum Gasteiger partial charge on any atom is 0.216 e. The lowest BCUT2D eigenvalue weighted by atomic mass is 10.1. The first-order valence-corrected chi connectivity index (χ1v) is 10.6. The summed E-state index contributed by atoms with van der Waals surface area (Å²) in [5, 5.41) is 0.660. The number of imidazole rings is 2. The van der Waals surface area contributed by atoms with E-state index < -0.39 is 0 Å². The summed E-state index contributed by atoms with van der Waals surface area (Å²) in [6, 6.07) is 15.7. The first kappa shape index (κ1) is 19.3. The zero-order valence-corrected chi connectivity index (χ0v) is 17.6. The van der Waals surface area contributed by atoms with Gasteiger partial charge in [0, 0.05) is 43.7 Å². The molecule has 1 aliphatic rings. The third-order valence-corrected chi connectivity index (χ3v) is 5.96. The van der Waals surface area contributed by atoms with Gasteiger partial charge in [0.25, 0.3) is 0 Å². The van der Waals surface area contributed by atoms with Gasteiger partial charge in [-0.15, -0.1) is 0 Å². The minimum atomic E-state index is -0.0106. The number of para-hydroxylation sites is 2. The Kier molecular flexibility index (Phi) is 5.06. The molecular weight excluding hydrogens is 400 g/mol. The lowest BCUT2D eigenvalue weighted by molar-refractivity contribution is 0.0366. The van der Waals surface area contributed by atoms with E-state index in [1.807, 2.05) is 46.9 Å². The van der Waals surface area contributed by atoms with Gasteiger partial charge in [-0.3, -0.25) is 14.1 Å². The summed E-state index contributed by atoms with van der Waals surface area (Å²) in [6.07, 6.45) is 0. The van der Waals surface area contributed by atoms with Crippen molar-refractivity contribution in [3.63, 3.8) is 0 Å². The number of hydrogen-bond donors (Lipinski definition) is 0. The molecule has 1 saturated heterocycles. The molecule has 0 unspecified atom stereocenters. The molecule has 0 N–H and O–H groups in total. The molecule has 6 nitrogen and oxygen atoms in total. The quantitative estimate of drug-likeness (QED) is 0.453. The highest BCUT2D eigenvalue weighted by atomic mass is 35.5. The first-order chi connectivity index (χ1) is 14.6. The topological polar surface area (TPSA) is 51.8 Å². The minimum Gasteiger partial charge on any atom is -0.379 e. The van der Waals surface area contributed by atoms with Crippen molar-refractivity contribution in [1.29, 1.82) is 0 Å². The predicted molar refractivity (Wildman–Crippen MR) is 118 cm³/mol. The molecule has 0 spiro atoms. The normalized spacial score (nSPS) is 15.3. The van der Waals surface area contributed by atoms with Gasteiger partial charge in [-0.25, -0.2) is 4.98 Å². The number of hydrogen-bond acceptors (Lipinski definition) is 4. The van der Waals surface area contributed by atoms with Crippen LogP contribution in [0.3, 0.4) is 0 Å². The number of morpholine rings is 1. The molecule has 3 heterocycles. The van der Waals surface area contributed by atoms with Gasteiger partial charge in [-0.2, -0.15) is 0 Å². The van der Waals surface area contributed by atoms with Crippen LogP contribution >= 0.6 is 11.6 Å². The Morgan fingerprint density at radius 1 is 1.03 bits per heavy atom. The summed E-state index contributed by atoms with van der Waals surface area (Å²) < 4.78 is 9.69. The number of benzene rings is 2. The maximum atomic E-state index is 12.7. The second kappa shape index (κ2) is 7.87. The van der Waals surface area contributed by atoms with E-state index in [4.69, 9.17) is 21.3 Å². The number of carbonyl (C=O) groups excluding carboxylic acids is 1.